The van der Waals surface area contributed by atoms with Crippen LogP contribution in [-0.4, -0.2) is 39.7 Å². The van der Waals surface area contributed by atoms with Gasteiger partial charge in [0.1, 0.15) is 6.04 Å². The van der Waals surface area contributed by atoms with Crippen LogP contribution in [0.4, 0.5) is 11.4 Å². The van der Waals surface area contributed by atoms with Crippen LogP contribution < -0.4 is 14.5 Å². The standard InChI is InChI=1S/C22H29Cl2N3O3S/c1-5-21(27(31(4,29)30)20-13-17(23)12-18(24)14-20)22(28)25-15-16-8-10-19(11-9-16)26(6-2)7-3/h8-14,21H,5-7,15H2,1-4H3,(H,25,28)/t21-/m1/s1. The molecule has 2 aromatic carbocycles. The number of hydrogen-bond donors (Lipinski definition) is 1. The molecule has 9 heteroatoms. The molecule has 0 aromatic heterocycles. The highest BCUT2D eigenvalue weighted by atomic mass is 35.5. The fourth-order valence-corrected chi connectivity index (χ4v) is 5.16. The number of carbonyl (C=O) groups is 1. The summed E-state index contributed by atoms with van der Waals surface area (Å²) in [5, 5.41) is 3.44. The van der Waals surface area contributed by atoms with Crippen LogP contribution in [0.2, 0.25) is 10.0 Å². The largest absolute Gasteiger partial charge is 0.372 e. The predicted molar refractivity (Wildman–Crippen MR) is 130 cm³/mol. The Kier molecular flexibility index (Phi) is 9.03. The van der Waals surface area contributed by atoms with E-state index in [1.54, 1.807) is 6.92 Å². The average Bonchev–Trinajstić information content (AvgIpc) is 2.70. The second-order valence-corrected chi connectivity index (χ2v) is 9.90. The number of carbonyl (C=O) groups excluding carboxylic acids is 1. The highest BCUT2D eigenvalue weighted by Gasteiger charge is 2.31. The van der Waals surface area contributed by atoms with Gasteiger partial charge in [0, 0.05) is 35.4 Å². The van der Waals surface area contributed by atoms with Crippen LogP contribution in [0.15, 0.2) is 42.5 Å². The lowest BCUT2D eigenvalue weighted by atomic mass is 10.1. The third-order valence-electron chi connectivity index (χ3n) is 4.96. The zero-order valence-corrected chi connectivity index (χ0v) is 20.6. The summed E-state index contributed by atoms with van der Waals surface area (Å²) in [6.45, 7) is 8.08. The lowest BCUT2D eigenvalue weighted by Gasteiger charge is -2.30. The molecular weight excluding hydrogens is 457 g/mol. The third kappa shape index (κ3) is 6.76. The first-order chi connectivity index (χ1) is 14.6. The fourth-order valence-electron chi connectivity index (χ4n) is 3.45. The van der Waals surface area contributed by atoms with Gasteiger partial charge in [-0.1, -0.05) is 42.3 Å². The molecule has 0 aliphatic carbocycles. The normalized spacial score (nSPS) is 12.3. The first-order valence-electron chi connectivity index (χ1n) is 10.2. The molecule has 0 fully saturated rings. The predicted octanol–water partition coefficient (Wildman–Crippen LogP) is 4.70. The molecule has 0 spiro atoms. The van der Waals surface area contributed by atoms with Crippen LogP contribution in [0, 0.1) is 0 Å². The van der Waals surface area contributed by atoms with E-state index in [9.17, 15) is 13.2 Å². The van der Waals surface area contributed by atoms with E-state index in [0.29, 0.717) is 16.6 Å². The number of benzene rings is 2. The number of halogens is 2. The number of anilines is 2. The van der Waals surface area contributed by atoms with E-state index >= 15 is 0 Å². The number of rotatable bonds is 10. The van der Waals surface area contributed by atoms with Crippen molar-refractivity contribution in [3.63, 3.8) is 0 Å². The number of hydrogen-bond acceptors (Lipinski definition) is 4. The molecule has 1 amide bonds. The summed E-state index contributed by atoms with van der Waals surface area (Å²) in [5.74, 6) is -0.392. The maximum Gasteiger partial charge on any atom is 0.244 e. The lowest BCUT2D eigenvalue weighted by molar-refractivity contribution is -0.122. The Hall–Kier alpha value is -1.96. The molecule has 2 aromatic rings. The minimum absolute atomic E-state index is 0.255. The van der Waals surface area contributed by atoms with Crippen LogP contribution in [0.5, 0.6) is 0 Å². The molecular formula is C22H29Cl2N3O3S. The first-order valence-corrected chi connectivity index (χ1v) is 12.8. The van der Waals surface area contributed by atoms with Crippen LogP contribution in [0.3, 0.4) is 0 Å². The maximum atomic E-state index is 13.0. The molecule has 0 aliphatic rings. The summed E-state index contributed by atoms with van der Waals surface area (Å²) in [6.07, 6.45) is 1.34. The Labute approximate surface area is 195 Å². The summed E-state index contributed by atoms with van der Waals surface area (Å²) in [6, 6.07) is 11.5. The van der Waals surface area contributed by atoms with E-state index in [2.05, 4.69) is 24.1 Å². The summed E-state index contributed by atoms with van der Waals surface area (Å²) in [7, 11) is -3.76. The van der Waals surface area contributed by atoms with Gasteiger partial charge in [-0.15, -0.1) is 0 Å². The van der Waals surface area contributed by atoms with Gasteiger partial charge in [-0.2, -0.15) is 0 Å². The second-order valence-electron chi connectivity index (χ2n) is 7.17. The van der Waals surface area contributed by atoms with Gasteiger partial charge in [-0.3, -0.25) is 9.10 Å². The van der Waals surface area contributed by atoms with Crippen molar-refractivity contribution in [2.75, 3.05) is 28.6 Å². The highest BCUT2D eigenvalue weighted by molar-refractivity contribution is 7.92. The van der Waals surface area contributed by atoms with E-state index in [-0.39, 0.29) is 12.1 Å². The van der Waals surface area contributed by atoms with Gasteiger partial charge in [0.15, 0.2) is 0 Å². The fraction of sp³-hybridized carbons (Fsp3) is 0.409. The van der Waals surface area contributed by atoms with Gasteiger partial charge in [0.2, 0.25) is 15.9 Å². The van der Waals surface area contributed by atoms with E-state index in [1.807, 2.05) is 24.3 Å². The molecule has 0 bridgehead atoms. The number of nitrogens with one attached hydrogen (secondary N) is 1. The number of sulfonamides is 1. The zero-order valence-electron chi connectivity index (χ0n) is 18.2. The van der Waals surface area contributed by atoms with Gasteiger partial charge in [-0.05, 0) is 56.2 Å². The van der Waals surface area contributed by atoms with Gasteiger partial charge in [0.25, 0.3) is 0 Å². The molecule has 0 radical (unpaired) electrons. The Bertz CT molecular complexity index is 973. The van der Waals surface area contributed by atoms with Crippen LogP contribution in [0.25, 0.3) is 0 Å². The molecule has 0 unspecified atom stereocenters. The molecule has 2 rings (SSSR count). The van der Waals surface area contributed by atoms with Crippen molar-refractivity contribution < 1.29 is 13.2 Å². The van der Waals surface area contributed by atoms with Crippen LogP contribution >= 0.6 is 23.2 Å². The Balaban J connectivity index is 2.20. The molecule has 0 aliphatic heterocycles. The number of nitrogens with zero attached hydrogens (tertiary/aromatic N) is 2. The van der Waals surface area contributed by atoms with E-state index < -0.39 is 22.0 Å². The van der Waals surface area contributed by atoms with Crippen molar-refractivity contribution >= 4 is 50.5 Å². The molecule has 1 N–H and O–H groups in total. The second kappa shape index (κ2) is 11.1. The minimum Gasteiger partial charge on any atom is -0.372 e. The quantitative estimate of drug-likeness (QED) is 0.529. The SMILES string of the molecule is CC[C@H](C(=O)NCc1ccc(N(CC)CC)cc1)N(c1cc(Cl)cc(Cl)c1)S(C)(=O)=O. The Morgan fingerprint density at radius 3 is 1.97 bits per heavy atom. The van der Waals surface area contributed by atoms with Gasteiger partial charge in [-0.25, -0.2) is 8.42 Å². The molecule has 31 heavy (non-hydrogen) atoms. The Morgan fingerprint density at radius 1 is 0.968 bits per heavy atom. The van der Waals surface area contributed by atoms with Crippen molar-refractivity contribution in [3.05, 3.63) is 58.1 Å². The van der Waals surface area contributed by atoms with Crippen molar-refractivity contribution in [2.24, 2.45) is 0 Å². The zero-order chi connectivity index (χ0) is 23.2. The average molecular weight is 486 g/mol. The van der Waals surface area contributed by atoms with Crippen molar-refractivity contribution in [1.82, 2.24) is 5.32 Å². The lowest BCUT2D eigenvalue weighted by Crippen LogP contribution is -2.49. The Morgan fingerprint density at radius 2 is 1.52 bits per heavy atom. The van der Waals surface area contributed by atoms with Gasteiger partial charge < -0.3 is 10.2 Å². The summed E-state index contributed by atoms with van der Waals surface area (Å²) in [4.78, 5) is 15.2. The maximum absolute atomic E-state index is 13.0. The molecule has 0 saturated carbocycles. The molecule has 0 saturated heterocycles. The first kappa shape index (κ1) is 25.3. The van der Waals surface area contributed by atoms with Gasteiger partial charge >= 0.3 is 0 Å². The number of amides is 1. The summed E-state index contributed by atoms with van der Waals surface area (Å²) >= 11 is 12.1. The minimum atomic E-state index is -3.76. The summed E-state index contributed by atoms with van der Waals surface area (Å²) in [5.41, 5.74) is 2.30. The summed E-state index contributed by atoms with van der Waals surface area (Å²) < 4.78 is 26.2. The smallest absolute Gasteiger partial charge is 0.244 e. The van der Waals surface area contributed by atoms with E-state index in [1.165, 1.54) is 18.2 Å². The van der Waals surface area contributed by atoms with E-state index in [0.717, 1.165) is 34.9 Å². The monoisotopic (exact) mass is 485 g/mol. The van der Waals surface area contributed by atoms with Crippen molar-refractivity contribution in [2.45, 2.75) is 39.8 Å². The van der Waals surface area contributed by atoms with Gasteiger partial charge in [0.05, 0.1) is 11.9 Å². The molecule has 0 heterocycles. The van der Waals surface area contributed by atoms with Crippen LogP contribution in [-0.2, 0) is 21.4 Å². The van der Waals surface area contributed by atoms with E-state index in [4.69, 9.17) is 23.2 Å². The van der Waals surface area contributed by atoms with Crippen molar-refractivity contribution in [3.8, 4) is 0 Å². The third-order valence-corrected chi connectivity index (χ3v) is 6.58. The molecule has 1 atom stereocenters. The molecule has 170 valence electrons. The molecule has 6 nitrogen and oxygen atoms in total. The van der Waals surface area contributed by atoms with Crippen molar-refractivity contribution in [1.29, 1.82) is 0 Å². The topological polar surface area (TPSA) is 69.7 Å². The van der Waals surface area contributed by atoms with Crippen LogP contribution in [0.1, 0.15) is 32.8 Å². The highest BCUT2D eigenvalue weighted by Crippen LogP contribution is 2.29.